The van der Waals surface area contributed by atoms with Gasteiger partial charge in [-0.25, -0.2) is 4.39 Å². The number of amides is 1. The van der Waals surface area contributed by atoms with Gasteiger partial charge < -0.3 is 11.1 Å². The molecule has 0 heterocycles. The Balaban J connectivity index is 2.22. The second-order valence-electron chi connectivity index (χ2n) is 4.21. The van der Waals surface area contributed by atoms with Crippen molar-refractivity contribution in [2.24, 2.45) is 0 Å². The van der Waals surface area contributed by atoms with Gasteiger partial charge in [-0.2, -0.15) is 0 Å². The van der Waals surface area contributed by atoms with E-state index in [1.807, 2.05) is 6.92 Å². The molecule has 0 spiro atoms. The fourth-order valence-corrected chi connectivity index (χ4v) is 1.98. The van der Waals surface area contributed by atoms with Crippen molar-refractivity contribution in [3.8, 4) is 0 Å². The fraction of sp³-hybridized carbons (Fsp3) is 0.0714. The molecule has 0 unspecified atom stereocenters. The van der Waals surface area contributed by atoms with E-state index >= 15 is 0 Å². The first-order valence-corrected chi connectivity index (χ1v) is 5.97. The van der Waals surface area contributed by atoms with E-state index in [-0.39, 0.29) is 11.6 Å². The average molecular weight is 279 g/mol. The minimum absolute atomic E-state index is 0.0138. The third kappa shape index (κ3) is 3.23. The Hall–Kier alpha value is -2.07. The van der Waals surface area contributed by atoms with Gasteiger partial charge in [-0.05, 0) is 48.9 Å². The van der Waals surface area contributed by atoms with E-state index in [1.165, 1.54) is 18.2 Å². The number of rotatable bonds is 2. The van der Waals surface area contributed by atoms with Gasteiger partial charge in [0.25, 0.3) is 5.91 Å². The molecule has 0 aliphatic rings. The highest BCUT2D eigenvalue weighted by atomic mass is 35.5. The summed E-state index contributed by atoms with van der Waals surface area (Å²) < 4.78 is 13.0. The lowest BCUT2D eigenvalue weighted by molar-refractivity contribution is 0.102. The van der Waals surface area contributed by atoms with Crippen LogP contribution in [0.5, 0.6) is 0 Å². The molecule has 3 nitrogen and oxygen atoms in total. The van der Waals surface area contributed by atoms with Gasteiger partial charge in [-0.15, -0.1) is 0 Å². The van der Waals surface area contributed by atoms with E-state index in [0.717, 1.165) is 5.56 Å². The molecule has 0 aliphatic heterocycles. The van der Waals surface area contributed by atoms with Crippen LogP contribution in [0.15, 0.2) is 36.4 Å². The van der Waals surface area contributed by atoms with Crippen LogP contribution in [0.2, 0.25) is 5.02 Å². The zero-order chi connectivity index (χ0) is 14.0. The van der Waals surface area contributed by atoms with Gasteiger partial charge in [0.05, 0.1) is 5.69 Å². The molecule has 19 heavy (non-hydrogen) atoms. The average Bonchev–Trinajstić information content (AvgIpc) is 2.32. The Morgan fingerprint density at radius 1 is 1.26 bits per heavy atom. The highest BCUT2D eigenvalue weighted by molar-refractivity contribution is 6.31. The molecule has 0 atom stereocenters. The van der Waals surface area contributed by atoms with Crippen LogP contribution >= 0.6 is 11.6 Å². The van der Waals surface area contributed by atoms with Crippen molar-refractivity contribution in [1.82, 2.24) is 0 Å². The quantitative estimate of drug-likeness (QED) is 0.824. The monoisotopic (exact) mass is 278 g/mol. The SMILES string of the molecule is Cc1cc(Cl)cc(C(=O)Nc2ccc(F)c(N)c2)c1. The molecule has 2 rings (SSSR count). The lowest BCUT2D eigenvalue weighted by atomic mass is 10.1. The summed E-state index contributed by atoms with van der Waals surface area (Å²) in [5, 5.41) is 3.13. The summed E-state index contributed by atoms with van der Waals surface area (Å²) >= 11 is 5.89. The van der Waals surface area contributed by atoms with Gasteiger partial charge in [-0.1, -0.05) is 11.6 Å². The van der Waals surface area contributed by atoms with E-state index in [9.17, 15) is 9.18 Å². The minimum atomic E-state index is -0.517. The second kappa shape index (κ2) is 5.28. The number of benzene rings is 2. The first-order chi connectivity index (χ1) is 8.95. The molecule has 0 radical (unpaired) electrons. The lowest BCUT2D eigenvalue weighted by Crippen LogP contribution is -2.12. The summed E-state index contributed by atoms with van der Waals surface area (Å²) in [7, 11) is 0. The smallest absolute Gasteiger partial charge is 0.255 e. The zero-order valence-electron chi connectivity index (χ0n) is 10.2. The summed E-state index contributed by atoms with van der Waals surface area (Å²) in [6.45, 7) is 1.85. The molecule has 2 aromatic carbocycles. The van der Waals surface area contributed by atoms with E-state index in [0.29, 0.717) is 16.3 Å². The maximum atomic E-state index is 13.0. The van der Waals surface area contributed by atoms with Crippen LogP contribution in [-0.4, -0.2) is 5.91 Å². The highest BCUT2D eigenvalue weighted by Gasteiger charge is 2.08. The molecule has 0 bridgehead atoms. The molecular weight excluding hydrogens is 267 g/mol. The van der Waals surface area contributed by atoms with Crippen LogP contribution in [-0.2, 0) is 0 Å². The predicted octanol–water partition coefficient (Wildman–Crippen LogP) is 3.62. The molecule has 0 saturated heterocycles. The number of nitrogens with two attached hydrogens (primary N) is 1. The Kier molecular flexibility index (Phi) is 3.71. The molecule has 0 fully saturated rings. The number of anilines is 2. The second-order valence-corrected chi connectivity index (χ2v) is 4.64. The summed E-state index contributed by atoms with van der Waals surface area (Å²) in [6, 6.07) is 9.05. The van der Waals surface area contributed by atoms with E-state index in [1.54, 1.807) is 18.2 Å². The molecule has 0 aromatic heterocycles. The topological polar surface area (TPSA) is 55.1 Å². The predicted molar refractivity (Wildman–Crippen MR) is 75.0 cm³/mol. The van der Waals surface area contributed by atoms with Gasteiger partial charge in [0, 0.05) is 16.3 Å². The Labute approximate surface area is 115 Å². The van der Waals surface area contributed by atoms with Gasteiger partial charge in [-0.3, -0.25) is 4.79 Å². The van der Waals surface area contributed by atoms with Gasteiger partial charge in [0.15, 0.2) is 0 Å². The number of hydrogen-bond acceptors (Lipinski definition) is 2. The van der Waals surface area contributed by atoms with Crippen LogP contribution in [0.3, 0.4) is 0 Å². The zero-order valence-corrected chi connectivity index (χ0v) is 11.0. The molecule has 2 aromatic rings. The van der Waals surface area contributed by atoms with Crippen molar-refractivity contribution in [3.05, 3.63) is 58.4 Å². The van der Waals surface area contributed by atoms with Gasteiger partial charge in [0.1, 0.15) is 5.82 Å². The number of carbonyl (C=O) groups is 1. The number of halogens is 2. The van der Waals surface area contributed by atoms with Crippen LogP contribution in [0, 0.1) is 12.7 Å². The summed E-state index contributed by atoms with van der Waals surface area (Å²) in [5.74, 6) is -0.840. The van der Waals surface area contributed by atoms with Crippen LogP contribution in [0.1, 0.15) is 15.9 Å². The third-order valence-electron chi connectivity index (χ3n) is 2.56. The van der Waals surface area contributed by atoms with Crippen molar-refractivity contribution in [3.63, 3.8) is 0 Å². The highest BCUT2D eigenvalue weighted by Crippen LogP contribution is 2.19. The lowest BCUT2D eigenvalue weighted by Gasteiger charge is -2.07. The van der Waals surface area contributed by atoms with E-state index < -0.39 is 5.82 Å². The Morgan fingerprint density at radius 3 is 2.63 bits per heavy atom. The summed E-state index contributed by atoms with van der Waals surface area (Å²) in [5.41, 5.74) is 7.18. The summed E-state index contributed by atoms with van der Waals surface area (Å²) in [6.07, 6.45) is 0. The van der Waals surface area contributed by atoms with Gasteiger partial charge >= 0.3 is 0 Å². The van der Waals surface area contributed by atoms with E-state index in [2.05, 4.69) is 5.32 Å². The van der Waals surface area contributed by atoms with Crippen molar-refractivity contribution in [2.75, 3.05) is 11.1 Å². The number of carbonyl (C=O) groups excluding carboxylic acids is 1. The Morgan fingerprint density at radius 2 is 2.00 bits per heavy atom. The summed E-state index contributed by atoms with van der Waals surface area (Å²) in [4.78, 5) is 12.0. The first kappa shape index (κ1) is 13.4. The maximum absolute atomic E-state index is 13.0. The fourth-order valence-electron chi connectivity index (χ4n) is 1.69. The first-order valence-electron chi connectivity index (χ1n) is 5.59. The minimum Gasteiger partial charge on any atom is -0.396 e. The molecule has 5 heteroatoms. The molecule has 98 valence electrons. The number of aryl methyl sites for hydroxylation is 1. The normalized spacial score (nSPS) is 10.3. The Bertz CT molecular complexity index is 623. The number of nitrogen functional groups attached to an aromatic ring is 1. The standard InChI is InChI=1S/C14H12ClFN2O/c1-8-4-9(6-10(15)5-8)14(19)18-11-2-3-12(16)13(17)7-11/h2-7H,17H2,1H3,(H,18,19). The van der Waals surface area contributed by atoms with E-state index in [4.69, 9.17) is 17.3 Å². The molecule has 0 saturated carbocycles. The largest absolute Gasteiger partial charge is 0.396 e. The van der Waals surface area contributed by atoms with Crippen LogP contribution in [0.25, 0.3) is 0 Å². The molecule has 1 amide bonds. The maximum Gasteiger partial charge on any atom is 0.255 e. The number of nitrogens with one attached hydrogen (secondary N) is 1. The molecule has 0 aliphatic carbocycles. The van der Waals surface area contributed by atoms with Crippen LogP contribution < -0.4 is 11.1 Å². The molecule has 3 N–H and O–H groups in total. The van der Waals surface area contributed by atoms with Crippen molar-refractivity contribution >= 4 is 28.9 Å². The van der Waals surface area contributed by atoms with Crippen LogP contribution in [0.4, 0.5) is 15.8 Å². The van der Waals surface area contributed by atoms with Gasteiger partial charge in [0.2, 0.25) is 0 Å². The van der Waals surface area contributed by atoms with Crippen molar-refractivity contribution in [2.45, 2.75) is 6.92 Å². The number of hydrogen-bond donors (Lipinski definition) is 2. The molecular formula is C14H12ClFN2O. The van der Waals surface area contributed by atoms with Crippen molar-refractivity contribution < 1.29 is 9.18 Å². The third-order valence-corrected chi connectivity index (χ3v) is 2.78. The van der Waals surface area contributed by atoms with Crippen molar-refractivity contribution in [1.29, 1.82) is 0 Å².